The molecule has 6 heteroatoms. The standard InChI is InChI=1S/C15H23F3N2O/c1-10(2)19-8-11-6-12(14(3,4)5)20-13(7-11)21-9-15(16,17)18/h6-7,10,19H,8-9H2,1-5H3. The number of alkyl halides is 3. The molecular formula is C15H23F3N2O. The van der Waals surface area contributed by atoms with Gasteiger partial charge in [0.1, 0.15) is 0 Å². The third-order valence-corrected chi connectivity index (χ3v) is 2.73. The van der Waals surface area contributed by atoms with Gasteiger partial charge in [-0.05, 0) is 11.6 Å². The zero-order chi connectivity index (χ0) is 16.3. The maximum atomic E-state index is 12.3. The Morgan fingerprint density at radius 1 is 1.19 bits per heavy atom. The lowest BCUT2D eigenvalue weighted by Crippen LogP contribution is -2.24. The summed E-state index contributed by atoms with van der Waals surface area (Å²) in [7, 11) is 0. The summed E-state index contributed by atoms with van der Waals surface area (Å²) in [4.78, 5) is 4.18. The molecule has 0 saturated carbocycles. The molecule has 0 fully saturated rings. The van der Waals surface area contributed by atoms with E-state index in [2.05, 4.69) is 10.3 Å². The normalized spacial score (nSPS) is 12.8. The summed E-state index contributed by atoms with van der Waals surface area (Å²) in [6.07, 6.45) is -4.37. The van der Waals surface area contributed by atoms with Crippen LogP contribution in [-0.4, -0.2) is 23.8 Å². The van der Waals surface area contributed by atoms with Crippen LogP contribution in [0.3, 0.4) is 0 Å². The number of halogens is 3. The summed E-state index contributed by atoms with van der Waals surface area (Å²) in [5.41, 5.74) is 1.31. The van der Waals surface area contributed by atoms with Crippen LogP contribution in [0.5, 0.6) is 5.88 Å². The maximum Gasteiger partial charge on any atom is 0.422 e. The lowest BCUT2D eigenvalue weighted by molar-refractivity contribution is -0.154. The van der Waals surface area contributed by atoms with Gasteiger partial charge in [-0.15, -0.1) is 0 Å². The summed E-state index contributed by atoms with van der Waals surface area (Å²) >= 11 is 0. The van der Waals surface area contributed by atoms with Crippen molar-refractivity contribution in [2.75, 3.05) is 6.61 Å². The van der Waals surface area contributed by atoms with Crippen molar-refractivity contribution in [3.05, 3.63) is 23.4 Å². The number of nitrogens with zero attached hydrogens (tertiary/aromatic N) is 1. The number of nitrogens with one attached hydrogen (secondary N) is 1. The molecular weight excluding hydrogens is 281 g/mol. The Bertz CT molecular complexity index is 465. The first kappa shape index (κ1) is 17.8. The molecule has 21 heavy (non-hydrogen) atoms. The molecule has 0 aliphatic rings. The van der Waals surface area contributed by atoms with Crippen molar-refractivity contribution in [2.45, 2.75) is 58.8 Å². The average Bonchev–Trinajstić information content (AvgIpc) is 2.32. The topological polar surface area (TPSA) is 34.1 Å². The summed E-state index contributed by atoms with van der Waals surface area (Å²) in [6.45, 7) is 9.13. The van der Waals surface area contributed by atoms with Gasteiger partial charge in [0, 0.05) is 24.1 Å². The van der Waals surface area contributed by atoms with Gasteiger partial charge in [-0.3, -0.25) is 0 Å². The summed E-state index contributed by atoms with van der Waals surface area (Å²) < 4.78 is 41.6. The molecule has 1 heterocycles. The van der Waals surface area contributed by atoms with E-state index in [1.54, 1.807) is 6.07 Å². The molecule has 0 unspecified atom stereocenters. The highest BCUT2D eigenvalue weighted by Gasteiger charge is 2.29. The van der Waals surface area contributed by atoms with Gasteiger partial charge < -0.3 is 10.1 Å². The molecule has 0 radical (unpaired) electrons. The van der Waals surface area contributed by atoms with Crippen LogP contribution in [0.1, 0.15) is 45.9 Å². The molecule has 0 aromatic carbocycles. The van der Waals surface area contributed by atoms with Gasteiger partial charge in [-0.1, -0.05) is 34.6 Å². The number of rotatable bonds is 5. The van der Waals surface area contributed by atoms with Gasteiger partial charge in [0.15, 0.2) is 6.61 Å². The van der Waals surface area contributed by atoms with Gasteiger partial charge in [0.25, 0.3) is 0 Å². The first-order valence-corrected chi connectivity index (χ1v) is 6.92. The first-order chi connectivity index (χ1) is 9.47. The van der Waals surface area contributed by atoms with E-state index in [9.17, 15) is 13.2 Å². The number of pyridine rings is 1. The molecule has 3 nitrogen and oxygen atoms in total. The molecule has 120 valence electrons. The monoisotopic (exact) mass is 304 g/mol. The Hall–Kier alpha value is -1.30. The van der Waals surface area contributed by atoms with E-state index in [1.165, 1.54) is 0 Å². The van der Waals surface area contributed by atoms with Crippen molar-refractivity contribution in [3.8, 4) is 5.88 Å². The fourth-order valence-corrected chi connectivity index (χ4v) is 1.60. The maximum absolute atomic E-state index is 12.3. The highest BCUT2D eigenvalue weighted by atomic mass is 19.4. The number of aromatic nitrogens is 1. The molecule has 1 aromatic rings. The second-order valence-corrected chi connectivity index (χ2v) is 6.39. The van der Waals surface area contributed by atoms with Crippen molar-refractivity contribution in [2.24, 2.45) is 0 Å². The van der Waals surface area contributed by atoms with E-state index in [-0.39, 0.29) is 17.3 Å². The van der Waals surface area contributed by atoms with E-state index in [0.29, 0.717) is 12.2 Å². The second-order valence-electron chi connectivity index (χ2n) is 6.39. The predicted octanol–water partition coefficient (Wildman–Crippen LogP) is 3.82. The predicted molar refractivity (Wildman–Crippen MR) is 76.5 cm³/mol. The molecule has 0 spiro atoms. The molecule has 0 atom stereocenters. The zero-order valence-corrected chi connectivity index (χ0v) is 13.1. The third-order valence-electron chi connectivity index (χ3n) is 2.73. The molecule has 1 rings (SSSR count). The van der Waals surface area contributed by atoms with E-state index in [1.807, 2.05) is 40.7 Å². The quantitative estimate of drug-likeness (QED) is 0.898. The Morgan fingerprint density at radius 2 is 1.81 bits per heavy atom. The van der Waals surface area contributed by atoms with Gasteiger partial charge in [0.2, 0.25) is 5.88 Å². The van der Waals surface area contributed by atoms with Gasteiger partial charge in [-0.25, -0.2) is 4.98 Å². The number of ether oxygens (including phenoxy) is 1. The minimum atomic E-state index is -4.37. The fourth-order valence-electron chi connectivity index (χ4n) is 1.60. The Balaban J connectivity index is 2.98. The van der Waals surface area contributed by atoms with Crippen molar-refractivity contribution in [1.29, 1.82) is 0 Å². The summed E-state index contributed by atoms with van der Waals surface area (Å²) in [5, 5.41) is 3.23. The van der Waals surface area contributed by atoms with Gasteiger partial charge in [0.05, 0.1) is 5.69 Å². The van der Waals surface area contributed by atoms with E-state index in [4.69, 9.17) is 4.74 Å². The average molecular weight is 304 g/mol. The molecule has 1 aromatic heterocycles. The van der Waals surface area contributed by atoms with Crippen molar-refractivity contribution >= 4 is 0 Å². The minimum absolute atomic E-state index is 0.0142. The van der Waals surface area contributed by atoms with Gasteiger partial charge >= 0.3 is 6.18 Å². The summed E-state index contributed by atoms with van der Waals surface area (Å²) in [6, 6.07) is 3.74. The van der Waals surface area contributed by atoms with Crippen molar-refractivity contribution < 1.29 is 17.9 Å². The van der Waals surface area contributed by atoms with Crippen LogP contribution in [0.2, 0.25) is 0 Å². The third kappa shape index (κ3) is 6.80. The molecule has 0 bridgehead atoms. The van der Waals surface area contributed by atoms with Crippen LogP contribution in [0.4, 0.5) is 13.2 Å². The van der Waals surface area contributed by atoms with Crippen LogP contribution in [0.15, 0.2) is 12.1 Å². The fraction of sp³-hybridized carbons (Fsp3) is 0.667. The minimum Gasteiger partial charge on any atom is -0.468 e. The van der Waals surface area contributed by atoms with Crippen molar-refractivity contribution in [3.63, 3.8) is 0 Å². The molecule has 0 amide bonds. The highest BCUT2D eigenvalue weighted by Crippen LogP contribution is 2.25. The summed E-state index contributed by atoms with van der Waals surface area (Å²) in [5.74, 6) is 0.0142. The lowest BCUT2D eigenvalue weighted by Gasteiger charge is -2.20. The van der Waals surface area contributed by atoms with Crippen LogP contribution in [0.25, 0.3) is 0 Å². The molecule has 0 aliphatic carbocycles. The van der Waals surface area contributed by atoms with Crippen LogP contribution >= 0.6 is 0 Å². The Kier molecular flexibility index (Phi) is 5.61. The molecule has 0 aliphatic heterocycles. The van der Waals surface area contributed by atoms with E-state index >= 15 is 0 Å². The highest BCUT2D eigenvalue weighted by molar-refractivity contribution is 5.28. The van der Waals surface area contributed by atoms with Crippen molar-refractivity contribution in [1.82, 2.24) is 10.3 Å². The Morgan fingerprint density at radius 3 is 2.29 bits per heavy atom. The van der Waals surface area contributed by atoms with Crippen LogP contribution in [-0.2, 0) is 12.0 Å². The molecule has 0 saturated heterocycles. The first-order valence-electron chi connectivity index (χ1n) is 6.92. The number of hydrogen-bond acceptors (Lipinski definition) is 3. The second kappa shape index (κ2) is 6.64. The van der Waals surface area contributed by atoms with E-state index in [0.717, 1.165) is 5.56 Å². The smallest absolute Gasteiger partial charge is 0.422 e. The number of hydrogen-bond donors (Lipinski definition) is 1. The lowest BCUT2D eigenvalue weighted by atomic mass is 9.91. The SMILES string of the molecule is CC(C)NCc1cc(OCC(F)(F)F)nc(C(C)(C)C)c1. The largest absolute Gasteiger partial charge is 0.468 e. The van der Waals surface area contributed by atoms with Crippen LogP contribution < -0.4 is 10.1 Å². The molecule has 1 N–H and O–H groups in total. The zero-order valence-electron chi connectivity index (χ0n) is 13.1. The van der Waals surface area contributed by atoms with Crippen LogP contribution in [0, 0.1) is 0 Å². The van der Waals surface area contributed by atoms with E-state index < -0.39 is 12.8 Å². The Labute approximate surface area is 123 Å². The van der Waals surface area contributed by atoms with Gasteiger partial charge in [-0.2, -0.15) is 13.2 Å².